The van der Waals surface area contributed by atoms with Crippen molar-refractivity contribution in [2.75, 3.05) is 19.0 Å². The van der Waals surface area contributed by atoms with E-state index in [0.29, 0.717) is 10.6 Å². The van der Waals surface area contributed by atoms with Gasteiger partial charge in [-0.25, -0.2) is 4.98 Å². The van der Waals surface area contributed by atoms with Crippen LogP contribution in [0.25, 0.3) is 20.8 Å². The summed E-state index contributed by atoms with van der Waals surface area (Å²) in [5, 5.41) is 12.0. The number of nitro benzene ring substituents is 1. The topological polar surface area (TPSA) is 59.3 Å². The molecule has 0 bridgehead atoms. The van der Waals surface area contributed by atoms with Gasteiger partial charge >= 0.3 is 0 Å². The Bertz CT molecular complexity index is 794. The number of anilines is 1. The smallest absolute Gasteiger partial charge is 0.281 e. The van der Waals surface area contributed by atoms with E-state index in [9.17, 15) is 10.1 Å². The van der Waals surface area contributed by atoms with Crippen LogP contribution in [-0.4, -0.2) is 24.0 Å². The van der Waals surface area contributed by atoms with Crippen molar-refractivity contribution in [2.45, 2.75) is 0 Å². The molecule has 0 aliphatic carbocycles. The lowest BCUT2D eigenvalue weighted by Crippen LogP contribution is -2.09. The van der Waals surface area contributed by atoms with Crippen molar-refractivity contribution in [1.29, 1.82) is 0 Å². The Morgan fingerprint density at radius 1 is 1.19 bits per heavy atom. The number of hydrogen-bond acceptors (Lipinski definition) is 5. The maximum Gasteiger partial charge on any atom is 0.281 e. The maximum atomic E-state index is 11.3. The Morgan fingerprint density at radius 2 is 1.95 bits per heavy atom. The molecule has 0 atom stereocenters. The first-order chi connectivity index (χ1) is 10.1. The molecule has 0 spiro atoms. The van der Waals surface area contributed by atoms with Crippen LogP contribution in [0.3, 0.4) is 0 Å². The van der Waals surface area contributed by atoms with E-state index in [0.717, 1.165) is 15.9 Å². The van der Waals surface area contributed by atoms with E-state index in [1.807, 2.05) is 49.3 Å². The minimum Gasteiger partial charge on any atom is -0.377 e. The highest BCUT2D eigenvalue weighted by Gasteiger charge is 2.19. The molecule has 0 aliphatic heterocycles. The predicted molar refractivity (Wildman–Crippen MR) is 86.0 cm³/mol. The van der Waals surface area contributed by atoms with Crippen LogP contribution in [0, 0.1) is 10.1 Å². The molecule has 106 valence electrons. The summed E-state index contributed by atoms with van der Waals surface area (Å²) < 4.78 is 1.03. The monoisotopic (exact) mass is 299 g/mol. The summed E-state index contributed by atoms with van der Waals surface area (Å²) in [6.45, 7) is 0. The van der Waals surface area contributed by atoms with Gasteiger partial charge < -0.3 is 4.90 Å². The summed E-state index contributed by atoms with van der Waals surface area (Å²) in [5.74, 6) is 0. The summed E-state index contributed by atoms with van der Waals surface area (Å²) >= 11 is 1.47. The van der Waals surface area contributed by atoms with Gasteiger partial charge in [-0.1, -0.05) is 12.1 Å². The van der Waals surface area contributed by atoms with E-state index >= 15 is 0 Å². The fourth-order valence-electron chi connectivity index (χ4n) is 2.12. The zero-order valence-electron chi connectivity index (χ0n) is 11.6. The number of para-hydroxylation sites is 1. The minimum atomic E-state index is -0.353. The summed E-state index contributed by atoms with van der Waals surface area (Å²) in [6, 6.07) is 13.0. The molecule has 3 aromatic rings. The fourth-order valence-corrected chi connectivity index (χ4v) is 3.12. The van der Waals surface area contributed by atoms with Crippen molar-refractivity contribution in [2.24, 2.45) is 0 Å². The molecule has 0 saturated carbocycles. The summed E-state index contributed by atoms with van der Waals surface area (Å²) in [5.41, 5.74) is 2.31. The molecule has 1 heterocycles. The number of benzene rings is 2. The number of nitrogens with zero attached hydrogens (tertiary/aromatic N) is 3. The molecule has 2 aromatic carbocycles. The van der Waals surface area contributed by atoms with Crippen LogP contribution < -0.4 is 4.90 Å². The number of rotatable bonds is 3. The largest absolute Gasteiger partial charge is 0.377 e. The van der Waals surface area contributed by atoms with Crippen molar-refractivity contribution >= 4 is 32.9 Å². The van der Waals surface area contributed by atoms with Gasteiger partial charge in [0.15, 0.2) is 0 Å². The fraction of sp³-hybridized carbons (Fsp3) is 0.133. The Hall–Kier alpha value is -2.47. The number of aromatic nitrogens is 1. The van der Waals surface area contributed by atoms with Crippen LogP contribution in [0.1, 0.15) is 0 Å². The Morgan fingerprint density at radius 3 is 2.62 bits per heavy atom. The molecule has 0 unspecified atom stereocenters. The lowest BCUT2D eigenvalue weighted by Gasteiger charge is -2.12. The first-order valence-electron chi connectivity index (χ1n) is 6.38. The van der Waals surface area contributed by atoms with E-state index in [1.165, 1.54) is 11.3 Å². The molecular formula is C15H13N3O2S. The van der Waals surface area contributed by atoms with Gasteiger partial charge in [0.25, 0.3) is 5.69 Å². The normalized spacial score (nSPS) is 10.8. The van der Waals surface area contributed by atoms with Gasteiger partial charge in [0.2, 0.25) is 0 Å². The molecule has 21 heavy (non-hydrogen) atoms. The van der Waals surface area contributed by atoms with Crippen molar-refractivity contribution < 1.29 is 4.92 Å². The van der Waals surface area contributed by atoms with Gasteiger partial charge in [-0.15, -0.1) is 11.3 Å². The van der Waals surface area contributed by atoms with Gasteiger partial charge in [0.1, 0.15) is 5.01 Å². The zero-order chi connectivity index (χ0) is 15.0. The number of fused-ring (bicyclic) bond motifs is 1. The lowest BCUT2D eigenvalue weighted by atomic mass is 10.1. The van der Waals surface area contributed by atoms with Crippen LogP contribution in [-0.2, 0) is 0 Å². The third kappa shape index (κ3) is 2.45. The molecule has 0 aliphatic rings. The lowest BCUT2D eigenvalue weighted by molar-refractivity contribution is -0.384. The Labute approximate surface area is 125 Å². The standard InChI is InChI=1S/C15H13N3O2S/c1-17(2)10-7-8-11(13(9-10)18(19)20)15-16-12-5-3-4-6-14(12)21-15/h3-9H,1-2H3. The molecule has 0 saturated heterocycles. The third-order valence-electron chi connectivity index (χ3n) is 3.22. The molecule has 3 rings (SSSR count). The zero-order valence-corrected chi connectivity index (χ0v) is 12.4. The van der Waals surface area contributed by atoms with Gasteiger partial charge in [-0.05, 0) is 24.3 Å². The molecule has 0 radical (unpaired) electrons. The van der Waals surface area contributed by atoms with E-state index in [1.54, 1.807) is 12.1 Å². The predicted octanol–water partition coefficient (Wildman–Crippen LogP) is 3.94. The van der Waals surface area contributed by atoms with Gasteiger partial charge in [0, 0.05) is 25.8 Å². The van der Waals surface area contributed by atoms with Gasteiger partial charge in [-0.2, -0.15) is 0 Å². The number of nitro groups is 1. The first-order valence-corrected chi connectivity index (χ1v) is 7.19. The number of hydrogen-bond donors (Lipinski definition) is 0. The second kappa shape index (κ2) is 5.14. The van der Waals surface area contributed by atoms with Gasteiger partial charge in [-0.3, -0.25) is 10.1 Å². The highest BCUT2D eigenvalue weighted by molar-refractivity contribution is 7.21. The quantitative estimate of drug-likeness (QED) is 0.543. The Balaban J connectivity index is 2.18. The van der Waals surface area contributed by atoms with E-state index in [2.05, 4.69) is 4.98 Å². The van der Waals surface area contributed by atoms with E-state index in [-0.39, 0.29) is 10.6 Å². The minimum absolute atomic E-state index is 0.0836. The van der Waals surface area contributed by atoms with Gasteiger partial charge in [0.05, 0.1) is 20.7 Å². The SMILES string of the molecule is CN(C)c1ccc(-c2nc3ccccc3s2)c([N+](=O)[O-])c1. The van der Waals surface area contributed by atoms with Crippen molar-refractivity contribution in [3.63, 3.8) is 0 Å². The Kier molecular flexibility index (Phi) is 3.31. The van der Waals surface area contributed by atoms with E-state index < -0.39 is 0 Å². The highest BCUT2D eigenvalue weighted by Crippen LogP contribution is 2.37. The van der Waals surface area contributed by atoms with Crippen LogP contribution in [0.4, 0.5) is 11.4 Å². The van der Waals surface area contributed by atoms with Crippen LogP contribution >= 0.6 is 11.3 Å². The number of thiazole rings is 1. The molecule has 1 aromatic heterocycles. The molecular weight excluding hydrogens is 286 g/mol. The average molecular weight is 299 g/mol. The second-order valence-corrected chi connectivity index (χ2v) is 5.87. The van der Waals surface area contributed by atoms with Crippen LogP contribution in [0.2, 0.25) is 0 Å². The summed E-state index contributed by atoms with van der Waals surface area (Å²) in [7, 11) is 3.72. The first kappa shape index (κ1) is 13.5. The highest BCUT2D eigenvalue weighted by atomic mass is 32.1. The molecule has 6 heteroatoms. The van der Waals surface area contributed by atoms with E-state index in [4.69, 9.17) is 0 Å². The average Bonchev–Trinajstić information content (AvgIpc) is 2.90. The molecule has 0 amide bonds. The molecule has 0 fully saturated rings. The third-order valence-corrected chi connectivity index (χ3v) is 4.29. The molecule has 5 nitrogen and oxygen atoms in total. The van der Waals surface area contributed by atoms with Crippen molar-refractivity contribution in [3.8, 4) is 10.6 Å². The van der Waals surface area contributed by atoms with Crippen molar-refractivity contribution in [3.05, 3.63) is 52.6 Å². The van der Waals surface area contributed by atoms with Crippen molar-refractivity contribution in [1.82, 2.24) is 4.98 Å². The summed E-state index contributed by atoms with van der Waals surface area (Å²) in [6.07, 6.45) is 0. The second-order valence-electron chi connectivity index (χ2n) is 4.84. The summed E-state index contributed by atoms with van der Waals surface area (Å²) in [4.78, 5) is 17.3. The molecule has 0 N–H and O–H groups in total. The maximum absolute atomic E-state index is 11.3. The van der Waals surface area contributed by atoms with Crippen LogP contribution in [0.15, 0.2) is 42.5 Å². The van der Waals surface area contributed by atoms with Crippen LogP contribution in [0.5, 0.6) is 0 Å².